The van der Waals surface area contributed by atoms with Crippen LogP contribution in [0.2, 0.25) is 5.15 Å². The predicted octanol–water partition coefficient (Wildman–Crippen LogP) is 2.70. The van der Waals surface area contributed by atoms with Crippen LogP contribution in [-0.4, -0.2) is 10.8 Å². The van der Waals surface area contributed by atoms with Gasteiger partial charge in [-0.05, 0) is 28.9 Å². The van der Waals surface area contributed by atoms with Crippen LogP contribution in [0.4, 0.5) is 0 Å². The lowest BCUT2D eigenvalue weighted by atomic mass is 10.2. The number of Topliss-reactive ketones (excluding diaryl/α,β-unsaturated/α-hetero) is 1. The summed E-state index contributed by atoms with van der Waals surface area (Å²) in [6.07, 6.45) is 1.54. The minimum absolute atomic E-state index is 0.0880. The Balaban J connectivity index is 3.32. The third-order valence-corrected chi connectivity index (χ3v) is 2.15. The number of hydrogen-bond acceptors (Lipinski definition) is 2. The molecule has 0 saturated carbocycles. The fourth-order valence-electron chi connectivity index (χ4n) is 0.728. The van der Waals surface area contributed by atoms with Crippen molar-refractivity contribution in [1.29, 1.82) is 0 Å². The molecule has 0 bridgehead atoms. The Morgan fingerprint density at radius 2 is 2.36 bits per heavy atom. The van der Waals surface area contributed by atoms with Gasteiger partial charge in [0.25, 0.3) is 0 Å². The Morgan fingerprint density at radius 3 is 2.73 bits per heavy atom. The van der Waals surface area contributed by atoms with Gasteiger partial charge in [-0.3, -0.25) is 4.79 Å². The second-order valence-electron chi connectivity index (χ2n) is 2.01. The maximum Gasteiger partial charge on any atom is 0.164 e. The summed E-state index contributed by atoms with van der Waals surface area (Å²) in [4.78, 5) is 14.7. The van der Waals surface area contributed by atoms with E-state index >= 15 is 0 Å². The van der Waals surface area contributed by atoms with Crippen molar-refractivity contribution in [1.82, 2.24) is 4.98 Å². The number of carbonyl (C=O) groups excluding carboxylic acids is 1. The van der Waals surface area contributed by atoms with E-state index in [0.29, 0.717) is 10.0 Å². The van der Waals surface area contributed by atoms with Crippen molar-refractivity contribution in [2.75, 3.05) is 0 Å². The topological polar surface area (TPSA) is 30.0 Å². The molecule has 58 valence electrons. The van der Waals surface area contributed by atoms with Gasteiger partial charge in [0.05, 0.1) is 5.56 Å². The summed E-state index contributed by atoms with van der Waals surface area (Å²) in [5, 5.41) is 0.242. The maximum absolute atomic E-state index is 10.9. The molecular weight excluding hydrogens is 229 g/mol. The number of ketones is 1. The highest BCUT2D eigenvalue weighted by Crippen LogP contribution is 2.22. The number of pyridine rings is 1. The lowest BCUT2D eigenvalue weighted by Gasteiger charge is -1.99. The zero-order chi connectivity index (χ0) is 8.43. The Bertz CT molecular complexity index is 280. The lowest BCUT2D eigenvalue weighted by Crippen LogP contribution is -1.96. The maximum atomic E-state index is 10.9. The quantitative estimate of drug-likeness (QED) is 0.552. The van der Waals surface area contributed by atoms with Gasteiger partial charge in [0.1, 0.15) is 5.15 Å². The van der Waals surface area contributed by atoms with Crippen LogP contribution in [0.15, 0.2) is 16.7 Å². The van der Waals surface area contributed by atoms with Crippen molar-refractivity contribution in [3.8, 4) is 0 Å². The summed E-state index contributed by atoms with van der Waals surface area (Å²) >= 11 is 8.86. The van der Waals surface area contributed by atoms with E-state index in [9.17, 15) is 4.79 Å². The smallest absolute Gasteiger partial charge is 0.164 e. The number of hydrogen-bond donors (Lipinski definition) is 0. The van der Waals surface area contributed by atoms with E-state index in [1.54, 1.807) is 12.3 Å². The molecule has 1 aromatic rings. The molecule has 0 amide bonds. The van der Waals surface area contributed by atoms with Gasteiger partial charge in [-0.25, -0.2) is 4.98 Å². The highest BCUT2D eigenvalue weighted by molar-refractivity contribution is 9.10. The molecule has 0 aliphatic heterocycles. The molecule has 0 spiro atoms. The molecule has 1 rings (SSSR count). The number of carbonyl (C=O) groups is 1. The zero-order valence-electron chi connectivity index (χ0n) is 5.77. The normalized spacial score (nSPS) is 9.73. The molecule has 1 heterocycles. The summed E-state index contributed by atoms with van der Waals surface area (Å²) in [5.74, 6) is -0.0880. The third-order valence-electron chi connectivity index (χ3n) is 1.21. The van der Waals surface area contributed by atoms with Crippen LogP contribution in [0.1, 0.15) is 17.3 Å². The number of nitrogens with zero attached hydrogens (tertiary/aromatic N) is 1. The van der Waals surface area contributed by atoms with Gasteiger partial charge in [-0.15, -0.1) is 0 Å². The lowest BCUT2D eigenvalue weighted by molar-refractivity contribution is 0.101. The number of halogens is 2. The molecule has 0 aliphatic carbocycles. The van der Waals surface area contributed by atoms with Crippen LogP contribution in [0, 0.1) is 0 Å². The van der Waals surface area contributed by atoms with Crippen LogP contribution < -0.4 is 0 Å². The van der Waals surface area contributed by atoms with Gasteiger partial charge in [-0.2, -0.15) is 0 Å². The molecule has 1 aromatic heterocycles. The molecule has 0 N–H and O–H groups in total. The van der Waals surface area contributed by atoms with Gasteiger partial charge in [0, 0.05) is 10.7 Å². The molecular formula is C7H5BrClNO. The Labute approximate surface area is 77.7 Å². The largest absolute Gasteiger partial charge is 0.294 e. The van der Waals surface area contributed by atoms with Crippen LogP contribution >= 0.6 is 27.5 Å². The van der Waals surface area contributed by atoms with Crippen LogP contribution in [0.25, 0.3) is 0 Å². The Hall–Kier alpha value is -0.410. The highest BCUT2D eigenvalue weighted by Gasteiger charge is 2.09. The molecule has 4 heteroatoms. The van der Waals surface area contributed by atoms with Crippen molar-refractivity contribution in [3.63, 3.8) is 0 Å². The fourth-order valence-corrected chi connectivity index (χ4v) is 1.72. The van der Waals surface area contributed by atoms with Gasteiger partial charge < -0.3 is 0 Å². The van der Waals surface area contributed by atoms with Crippen LogP contribution in [0.3, 0.4) is 0 Å². The Kier molecular flexibility index (Phi) is 2.62. The van der Waals surface area contributed by atoms with E-state index in [2.05, 4.69) is 20.9 Å². The SMILES string of the molecule is CC(=O)c1c(Br)ccnc1Cl. The zero-order valence-corrected chi connectivity index (χ0v) is 8.11. The predicted molar refractivity (Wildman–Crippen MR) is 47.0 cm³/mol. The monoisotopic (exact) mass is 233 g/mol. The highest BCUT2D eigenvalue weighted by atomic mass is 79.9. The molecule has 0 saturated heterocycles. The van der Waals surface area contributed by atoms with Crippen LogP contribution in [0.5, 0.6) is 0 Å². The van der Waals surface area contributed by atoms with Crippen molar-refractivity contribution >= 4 is 33.3 Å². The summed E-state index contributed by atoms with van der Waals surface area (Å²) in [6, 6.07) is 1.68. The first kappa shape index (κ1) is 8.68. The molecule has 0 radical (unpaired) electrons. The third kappa shape index (κ3) is 1.79. The standard InChI is InChI=1S/C7H5BrClNO/c1-4(11)6-5(8)2-3-10-7(6)9/h2-3H,1H3. The first-order chi connectivity index (χ1) is 5.13. The molecule has 2 nitrogen and oxygen atoms in total. The minimum atomic E-state index is -0.0880. The van der Waals surface area contributed by atoms with Crippen LogP contribution in [-0.2, 0) is 0 Å². The summed E-state index contributed by atoms with van der Waals surface area (Å²) in [6.45, 7) is 1.45. The molecule has 0 unspecified atom stereocenters. The van der Waals surface area contributed by atoms with E-state index in [4.69, 9.17) is 11.6 Å². The van der Waals surface area contributed by atoms with Crippen molar-refractivity contribution in [3.05, 3.63) is 27.5 Å². The van der Waals surface area contributed by atoms with E-state index in [1.807, 2.05) is 0 Å². The van der Waals surface area contributed by atoms with Gasteiger partial charge >= 0.3 is 0 Å². The fraction of sp³-hybridized carbons (Fsp3) is 0.143. The average molecular weight is 234 g/mol. The van der Waals surface area contributed by atoms with E-state index < -0.39 is 0 Å². The van der Waals surface area contributed by atoms with E-state index in [-0.39, 0.29) is 10.9 Å². The summed E-state index contributed by atoms with van der Waals surface area (Å²) in [7, 11) is 0. The number of aromatic nitrogens is 1. The summed E-state index contributed by atoms with van der Waals surface area (Å²) in [5.41, 5.74) is 0.439. The molecule has 0 aromatic carbocycles. The number of rotatable bonds is 1. The molecule has 11 heavy (non-hydrogen) atoms. The molecule has 0 fully saturated rings. The Morgan fingerprint density at radius 1 is 1.73 bits per heavy atom. The van der Waals surface area contributed by atoms with Gasteiger partial charge in [-0.1, -0.05) is 11.6 Å². The molecule has 0 atom stereocenters. The first-order valence-electron chi connectivity index (χ1n) is 2.94. The van der Waals surface area contributed by atoms with E-state index in [1.165, 1.54) is 6.92 Å². The summed E-state index contributed by atoms with van der Waals surface area (Å²) < 4.78 is 0.685. The second-order valence-corrected chi connectivity index (χ2v) is 3.23. The molecule has 0 aliphatic rings. The van der Waals surface area contributed by atoms with Crippen molar-refractivity contribution in [2.24, 2.45) is 0 Å². The van der Waals surface area contributed by atoms with Crippen molar-refractivity contribution < 1.29 is 4.79 Å². The van der Waals surface area contributed by atoms with E-state index in [0.717, 1.165) is 0 Å². The van der Waals surface area contributed by atoms with Gasteiger partial charge in [0.15, 0.2) is 5.78 Å². The second kappa shape index (κ2) is 3.32. The van der Waals surface area contributed by atoms with Gasteiger partial charge in [0.2, 0.25) is 0 Å². The first-order valence-corrected chi connectivity index (χ1v) is 4.11. The van der Waals surface area contributed by atoms with Crippen molar-refractivity contribution in [2.45, 2.75) is 6.92 Å². The minimum Gasteiger partial charge on any atom is -0.294 e. The average Bonchev–Trinajstić information content (AvgIpc) is 1.85.